The SMILES string of the molecule is Brc1cc(N2CCCc3ccccc3C2)ncn1. The first-order chi connectivity index (χ1) is 8.83. The molecule has 0 atom stereocenters. The maximum atomic E-state index is 4.36. The summed E-state index contributed by atoms with van der Waals surface area (Å²) in [5.74, 6) is 0.994. The Balaban J connectivity index is 1.91. The van der Waals surface area contributed by atoms with E-state index in [9.17, 15) is 0 Å². The highest BCUT2D eigenvalue weighted by Crippen LogP contribution is 2.23. The van der Waals surface area contributed by atoms with Crippen LogP contribution in [0.15, 0.2) is 41.3 Å². The lowest BCUT2D eigenvalue weighted by atomic mass is 10.0. The Hall–Kier alpha value is -1.42. The highest BCUT2D eigenvalue weighted by atomic mass is 79.9. The second kappa shape index (κ2) is 5.06. The van der Waals surface area contributed by atoms with Crippen LogP contribution in [-0.2, 0) is 13.0 Å². The maximum absolute atomic E-state index is 4.36. The summed E-state index contributed by atoms with van der Waals surface area (Å²) >= 11 is 3.40. The Kier molecular flexibility index (Phi) is 3.28. The number of rotatable bonds is 1. The van der Waals surface area contributed by atoms with Gasteiger partial charge in [0.15, 0.2) is 0 Å². The van der Waals surface area contributed by atoms with Crippen molar-refractivity contribution in [3.63, 3.8) is 0 Å². The van der Waals surface area contributed by atoms with Gasteiger partial charge in [-0.3, -0.25) is 0 Å². The van der Waals surface area contributed by atoms with Gasteiger partial charge in [-0.15, -0.1) is 0 Å². The van der Waals surface area contributed by atoms with E-state index < -0.39 is 0 Å². The van der Waals surface area contributed by atoms with Gasteiger partial charge in [-0.05, 0) is 39.9 Å². The van der Waals surface area contributed by atoms with Gasteiger partial charge >= 0.3 is 0 Å². The molecule has 1 aromatic heterocycles. The van der Waals surface area contributed by atoms with Crippen LogP contribution >= 0.6 is 15.9 Å². The fraction of sp³-hybridized carbons (Fsp3) is 0.286. The van der Waals surface area contributed by atoms with Gasteiger partial charge in [0.05, 0.1) is 0 Å². The van der Waals surface area contributed by atoms with Crippen molar-refractivity contribution in [3.8, 4) is 0 Å². The van der Waals surface area contributed by atoms with E-state index in [1.807, 2.05) is 6.07 Å². The first-order valence-electron chi connectivity index (χ1n) is 6.12. The molecule has 0 saturated carbocycles. The molecule has 92 valence electrons. The molecule has 0 fully saturated rings. The van der Waals surface area contributed by atoms with Crippen LogP contribution < -0.4 is 4.90 Å². The Morgan fingerprint density at radius 2 is 1.94 bits per heavy atom. The highest BCUT2D eigenvalue weighted by Gasteiger charge is 2.15. The molecule has 18 heavy (non-hydrogen) atoms. The largest absolute Gasteiger partial charge is 0.352 e. The fourth-order valence-electron chi connectivity index (χ4n) is 2.39. The summed E-state index contributed by atoms with van der Waals surface area (Å²) in [6, 6.07) is 10.7. The van der Waals surface area contributed by atoms with Crippen LogP contribution in [-0.4, -0.2) is 16.5 Å². The quantitative estimate of drug-likeness (QED) is 0.758. The number of anilines is 1. The zero-order valence-corrected chi connectivity index (χ0v) is 11.6. The van der Waals surface area contributed by atoms with Crippen LogP contribution in [0.1, 0.15) is 17.5 Å². The van der Waals surface area contributed by atoms with E-state index in [0.717, 1.165) is 29.9 Å². The summed E-state index contributed by atoms with van der Waals surface area (Å²) in [5.41, 5.74) is 2.87. The van der Waals surface area contributed by atoms with Crippen LogP contribution in [0.5, 0.6) is 0 Å². The normalized spacial score (nSPS) is 15.1. The van der Waals surface area contributed by atoms with Gasteiger partial charge in [0.2, 0.25) is 0 Å². The summed E-state index contributed by atoms with van der Waals surface area (Å²) in [6.07, 6.45) is 3.92. The summed E-state index contributed by atoms with van der Waals surface area (Å²) in [7, 11) is 0. The molecule has 0 N–H and O–H groups in total. The summed E-state index contributed by atoms with van der Waals surface area (Å²) in [4.78, 5) is 10.8. The molecule has 3 rings (SSSR count). The Morgan fingerprint density at radius 3 is 2.78 bits per heavy atom. The summed E-state index contributed by atoms with van der Waals surface area (Å²) in [6.45, 7) is 1.97. The van der Waals surface area contributed by atoms with Crippen LogP contribution in [0.4, 0.5) is 5.82 Å². The second-order valence-electron chi connectivity index (χ2n) is 4.49. The number of hydrogen-bond acceptors (Lipinski definition) is 3. The number of aromatic nitrogens is 2. The van der Waals surface area contributed by atoms with Gasteiger partial charge in [0.25, 0.3) is 0 Å². The third-order valence-electron chi connectivity index (χ3n) is 3.30. The minimum atomic E-state index is 0.838. The molecule has 1 aliphatic heterocycles. The smallest absolute Gasteiger partial charge is 0.133 e. The molecule has 0 radical (unpaired) electrons. The number of aryl methyl sites for hydroxylation is 1. The maximum Gasteiger partial charge on any atom is 0.133 e. The molecule has 1 aliphatic rings. The molecule has 3 nitrogen and oxygen atoms in total. The van der Waals surface area contributed by atoms with E-state index in [4.69, 9.17) is 0 Å². The van der Waals surface area contributed by atoms with Crippen molar-refractivity contribution < 1.29 is 0 Å². The van der Waals surface area contributed by atoms with Crippen molar-refractivity contribution in [2.45, 2.75) is 19.4 Å². The minimum absolute atomic E-state index is 0.838. The second-order valence-corrected chi connectivity index (χ2v) is 5.31. The molecule has 0 unspecified atom stereocenters. The van der Waals surface area contributed by atoms with E-state index in [1.165, 1.54) is 17.5 Å². The average Bonchev–Trinajstić information content (AvgIpc) is 2.60. The minimum Gasteiger partial charge on any atom is -0.352 e. The molecule has 0 amide bonds. The van der Waals surface area contributed by atoms with E-state index >= 15 is 0 Å². The molecule has 0 aliphatic carbocycles. The third-order valence-corrected chi connectivity index (χ3v) is 3.73. The molecule has 4 heteroatoms. The van der Waals surface area contributed by atoms with Crippen molar-refractivity contribution in [1.29, 1.82) is 0 Å². The summed E-state index contributed by atoms with van der Waals surface area (Å²) < 4.78 is 0.838. The number of halogens is 1. The Morgan fingerprint density at radius 1 is 1.11 bits per heavy atom. The predicted molar refractivity (Wildman–Crippen MR) is 75.5 cm³/mol. The number of hydrogen-bond donors (Lipinski definition) is 0. The van der Waals surface area contributed by atoms with E-state index in [-0.39, 0.29) is 0 Å². The summed E-state index contributed by atoms with van der Waals surface area (Å²) in [5, 5.41) is 0. The lowest BCUT2D eigenvalue weighted by Crippen LogP contribution is -2.23. The van der Waals surface area contributed by atoms with Crippen molar-refractivity contribution in [1.82, 2.24) is 9.97 Å². The zero-order chi connectivity index (χ0) is 12.4. The molecule has 0 bridgehead atoms. The number of fused-ring (bicyclic) bond motifs is 1. The molecule has 1 aromatic carbocycles. The van der Waals surface area contributed by atoms with Gasteiger partial charge in [-0.25, -0.2) is 9.97 Å². The molecule has 0 spiro atoms. The molecule has 2 aromatic rings. The lowest BCUT2D eigenvalue weighted by molar-refractivity contribution is 0.752. The topological polar surface area (TPSA) is 29.0 Å². The number of nitrogens with zero attached hydrogens (tertiary/aromatic N) is 3. The Labute approximate surface area is 115 Å². The fourth-order valence-corrected chi connectivity index (χ4v) is 2.69. The van der Waals surface area contributed by atoms with Crippen molar-refractivity contribution in [3.05, 3.63) is 52.4 Å². The molecular weight excluding hydrogens is 290 g/mol. The van der Waals surface area contributed by atoms with Crippen LogP contribution in [0, 0.1) is 0 Å². The van der Waals surface area contributed by atoms with Crippen LogP contribution in [0.2, 0.25) is 0 Å². The molecule has 0 saturated heterocycles. The van der Waals surface area contributed by atoms with Gasteiger partial charge in [0, 0.05) is 19.2 Å². The van der Waals surface area contributed by atoms with E-state index in [0.29, 0.717) is 0 Å². The monoisotopic (exact) mass is 303 g/mol. The molecule has 2 heterocycles. The average molecular weight is 304 g/mol. The van der Waals surface area contributed by atoms with Crippen molar-refractivity contribution in [2.24, 2.45) is 0 Å². The van der Waals surface area contributed by atoms with Crippen molar-refractivity contribution in [2.75, 3.05) is 11.4 Å². The van der Waals surface area contributed by atoms with Crippen LogP contribution in [0.3, 0.4) is 0 Å². The van der Waals surface area contributed by atoms with E-state index in [2.05, 4.69) is 55.1 Å². The Bertz CT molecular complexity index is 556. The highest BCUT2D eigenvalue weighted by molar-refractivity contribution is 9.10. The lowest BCUT2D eigenvalue weighted by Gasteiger charge is -2.21. The van der Waals surface area contributed by atoms with Gasteiger partial charge < -0.3 is 4.90 Å². The van der Waals surface area contributed by atoms with Crippen LogP contribution in [0.25, 0.3) is 0 Å². The zero-order valence-electron chi connectivity index (χ0n) is 10.0. The first kappa shape index (κ1) is 11.7. The van der Waals surface area contributed by atoms with Gasteiger partial charge in [0.1, 0.15) is 16.7 Å². The predicted octanol–water partition coefficient (Wildman–Crippen LogP) is 3.19. The number of benzene rings is 1. The van der Waals surface area contributed by atoms with Crippen molar-refractivity contribution >= 4 is 21.7 Å². The third kappa shape index (κ3) is 2.38. The van der Waals surface area contributed by atoms with E-state index in [1.54, 1.807) is 6.33 Å². The standard InChI is InChI=1S/C14H14BrN3/c15-13-8-14(17-10-16-13)18-7-3-6-11-4-1-2-5-12(11)9-18/h1-2,4-5,8,10H,3,6-7,9H2. The first-order valence-corrected chi connectivity index (χ1v) is 6.91. The van der Waals surface area contributed by atoms with Gasteiger partial charge in [-0.1, -0.05) is 24.3 Å². The van der Waals surface area contributed by atoms with Gasteiger partial charge in [-0.2, -0.15) is 0 Å². The molecular formula is C14H14BrN3.